The van der Waals surface area contributed by atoms with Gasteiger partial charge in [0.25, 0.3) is 0 Å². The van der Waals surface area contributed by atoms with Crippen LogP contribution < -0.4 is 10.6 Å². The standard InChI is InChI=1S/C12H19FN2O/c1-6(2)10(13)7(3)15-12(16)11-9-4-8(9)5-14-11/h7-9,11,14H,4-5H2,1-3H3,(H,15,16)/t7-,8+,9+,11-/m0/s1. The summed E-state index contributed by atoms with van der Waals surface area (Å²) in [5, 5.41) is 5.90. The summed E-state index contributed by atoms with van der Waals surface area (Å²) in [6, 6.07) is -0.616. The molecule has 16 heavy (non-hydrogen) atoms. The van der Waals surface area contributed by atoms with Gasteiger partial charge < -0.3 is 10.6 Å². The van der Waals surface area contributed by atoms with Crippen molar-refractivity contribution in [1.29, 1.82) is 0 Å². The molecule has 2 aliphatic rings. The molecular formula is C12H19FN2O. The summed E-state index contributed by atoms with van der Waals surface area (Å²) in [7, 11) is 0. The number of hydrogen-bond donors (Lipinski definition) is 2. The van der Waals surface area contributed by atoms with Crippen molar-refractivity contribution in [2.24, 2.45) is 11.8 Å². The topological polar surface area (TPSA) is 41.1 Å². The molecule has 1 aliphatic heterocycles. The van der Waals surface area contributed by atoms with Gasteiger partial charge in [0.15, 0.2) is 0 Å². The van der Waals surface area contributed by atoms with Gasteiger partial charge in [0.1, 0.15) is 5.83 Å². The van der Waals surface area contributed by atoms with E-state index in [0.29, 0.717) is 17.4 Å². The molecule has 90 valence electrons. The average molecular weight is 226 g/mol. The Morgan fingerprint density at radius 3 is 2.62 bits per heavy atom. The molecule has 1 saturated heterocycles. The zero-order valence-electron chi connectivity index (χ0n) is 10.0. The molecule has 1 amide bonds. The van der Waals surface area contributed by atoms with Crippen molar-refractivity contribution in [2.75, 3.05) is 6.54 Å². The predicted octanol–water partition coefficient (Wildman–Crippen LogP) is 1.36. The van der Waals surface area contributed by atoms with Gasteiger partial charge in [0.2, 0.25) is 5.91 Å². The van der Waals surface area contributed by atoms with Crippen molar-refractivity contribution >= 4 is 5.91 Å². The molecule has 3 nitrogen and oxygen atoms in total. The van der Waals surface area contributed by atoms with Crippen molar-refractivity contribution in [2.45, 2.75) is 39.3 Å². The van der Waals surface area contributed by atoms with Crippen LogP contribution in [0.5, 0.6) is 0 Å². The van der Waals surface area contributed by atoms with E-state index in [1.165, 1.54) is 0 Å². The first-order chi connectivity index (χ1) is 7.50. The Labute approximate surface area is 95.5 Å². The Bertz CT molecular complexity index is 336. The lowest BCUT2D eigenvalue weighted by atomic mass is 10.1. The predicted molar refractivity (Wildman–Crippen MR) is 60.5 cm³/mol. The maximum atomic E-state index is 13.5. The lowest BCUT2D eigenvalue weighted by Crippen LogP contribution is -2.46. The Kier molecular flexibility index (Phi) is 3.02. The van der Waals surface area contributed by atoms with Crippen LogP contribution >= 0.6 is 0 Å². The van der Waals surface area contributed by atoms with Gasteiger partial charge in [0, 0.05) is 0 Å². The molecule has 1 heterocycles. The van der Waals surface area contributed by atoms with Crippen molar-refractivity contribution in [1.82, 2.24) is 10.6 Å². The molecule has 0 unspecified atom stereocenters. The van der Waals surface area contributed by atoms with Crippen LogP contribution in [-0.4, -0.2) is 24.5 Å². The number of hydrogen-bond acceptors (Lipinski definition) is 2. The van der Waals surface area contributed by atoms with Gasteiger partial charge in [-0.25, -0.2) is 4.39 Å². The SMILES string of the molecule is CC(C)=C(F)[C@H](C)NC(=O)[C@H]1NC[C@H]2C[C@H]21. The fourth-order valence-corrected chi connectivity index (χ4v) is 2.43. The summed E-state index contributed by atoms with van der Waals surface area (Å²) in [4.78, 5) is 11.9. The van der Waals surface area contributed by atoms with Gasteiger partial charge in [-0.2, -0.15) is 0 Å². The first-order valence-electron chi connectivity index (χ1n) is 5.87. The fraction of sp³-hybridized carbons (Fsp3) is 0.750. The van der Waals surface area contributed by atoms with Crippen LogP contribution in [0.3, 0.4) is 0 Å². The van der Waals surface area contributed by atoms with E-state index in [4.69, 9.17) is 0 Å². The summed E-state index contributed by atoms with van der Waals surface area (Å²) >= 11 is 0. The third-order valence-electron chi connectivity index (χ3n) is 3.50. The molecule has 1 saturated carbocycles. The molecule has 4 heteroatoms. The summed E-state index contributed by atoms with van der Waals surface area (Å²) in [5.74, 6) is 0.869. The summed E-state index contributed by atoms with van der Waals surface area (Å²) in [6.45, 7) is 6.04. The van der Waals surface area contributed by atoms with Gasteiger partial charge in [-0.05, 0) is 51.1 Å². The molecule has 0 bridgehead atoms. The molecule has 0 aromatic heterocycles. The van der Waals surface area contributed by atoms with E-state index >= 15 is 0 Å². The largest absolute Gasteiger partial charge is 0.346 e. The van der Waals surface area contributed by atoms with E-state index in [-0.39, 0.29) is 17.8 Å². The number of fused-ring (bicyclic) bond motifs is 1. The van der Waals surface area contributed by atoms with E-state index in [1.807, 2.05) is 0 Å². The molecule has 0 spiro atoms. The Hall–Kier alpha value is -0.900. The quantitative estimate of drug-likeness (QED) is 0.763. The molecule has 1 aliphatic carbocycles. The number of piperidine rings is 1. The smallest absolute Gasteiger partial charge is 0.237 e. The highest BCUT2D eigenvalue weighted by Gasteiger charge is 2.51. The van der Waals surface area contributed by atoms with Crippen LogP contribution in [0.15, 0.2) is 11.4 Å². The average Bonchev–Trinajstić information content (AvgIpc) is 2.88. The van der Waals surface area contributed by atoms with Crippen molar-refractivity contribution in [3.8, 4) is 0 Å². The number of allylic oxidation sites excluding steroid dienone is 1. The lowest BCUT2D eigenvalue weighted by molar-refractivity contribution is -0.123. The van der Waals surface area contributed by atoms with Crippen LogP contribution in [0.4, 0.5) is 4.39 Å². The number of rotatable bonds is 3. The Balaban J connectivity index is 1.90. The number of nitrogens with one attached hydrogen (secondary N) is 2. The number of halogens is 1. The van der Waals surface area contributed by atoms with E-state index in [0.717, 1.165) is 13.0 Å². The second-order valence-corrected chi connectivity index (χ2v) is 5.12. The van der Waals surface area contributed by atoms with E-state index in [9.17, 15) is 9.18 Å². The number of amides is 1. The second-order valence-electron chi connectivity index (χ2n) is 5.12. The van der Waals surface area contributed by atoms with Gasteiger partial charge >= 0.3 is 0 Å². The maximum Gasteiger partial charge on any atom is 0.237 e. The molecule has 2 N–H and O–H groups in total. The third-order valence-corrected chi connectivity index (χ3v) is 3.50. The maximum absolute atomic E-state index is 13.5. The second kappa shape index (κ2) is 4.17. The molecule has 2 fully saturated rings. The number of carbonyl (C=O) groups excluding carboxylic acids is 1. The van der Waals surface area contributed by atoms with E-state index in [1.54, 1.807) is 20.8 Å². The Morgan fingerprint density at radius 2 is 2.19 bits per heavy atom. The van der Waals surface area contributed by atoms with Crippen LogP contribution in [0.1, 0.15) is 27.2 Å². The fourth-order valence-electron chi connectivity index (χ4n) is 2.43. The minimum absolute atomic E-state index is 0.0612. The van der Waals surface area contributed by atoms with Gasteiger partial charge in [-0.15, -0.1) is 0 Å². The molecule has 0 aromatic rings. The first kappa shape index (κ1) is 11.6. The van der Waals surface area contributed by atoms with Crippen molar-refractivity contribution in [3.05, 3.63) is 11.4 Å². The summed E-state index contributed by atoms with van der Waals surface area (Å²) in [6.07, 6.45) is 1.14. The van der Waals surface area contributed by atoms with Crippen LogP contribution in [0, 0.1) is 11.8 Å². The lowest BCUT2D eigenvalue weighted by Gasteiger charge is -2.18. The summed E-state index contributed by atoms with van der Waals surface area (Å²) < 4.78 is 13.5. The zero-order chi connectivity index (χ0) is 11.9. The Morgan fingerprint density at radius 1 is 1.50 bits per heavy atom. The summed E-state index contributed by atoms with van der Waals surface area (Å²) in [5.41, 5.74) is 0.622. The minimum Gasteiger partial charge on any atom is -0.346 e. The molecule has 0 aromatic carbocycles. The van der Waals surface area contributed by atoms with Gasteiger partial charge in [0.05, 0.1) is 12.1 Å². The normalized spacial score (nSPS) is 32.9. The number of carbonyl (C=O) groups is 1. The molecule has 0 radical (unpaired) electrons. The van der Waals surface area contributed by atoms with Crippen molar-refractivity contribution < 1.29 is 9.18 Å². The highest BCUT2D eigenvalue weighted by molar-refractivity contribution is 5.83. The van der Waals surface area contributed by atoms with E-state index < -0.39 is 6.04 Å². The molecule has 2 rings (SSSR count). The van der Waals surface area contributed by atoms with Gasteiger partial charge in [-0.3, -0.25) is 4.79 Å². The van der Waals surface area contributed by atoms with Crippen LogP contribution in [0.25, 0.3) is 0 Å². The van der Waals surface area contributed by atoms with E-state index in [2.05, 4.69) is 10.6 Å². The molecule has 4 atom stereocenters. The van der Waals surface area contributed by atoms with Crippen LogP contribution in [0.2, 0.25) is 0 Å². The van der Waals surface area contributed by atoms with Gasteiger partial charge in [-0.1, -0.05) is 0 Å². The first-order valence-corrected chi connectivity index (χ1v) is 5.87. The third kappa shape index (κ3) is 2.12. The minimum atomic E-state index is -0.517. The highest BCUT2D eigenvalue weighted by atomic mass is 19.1. The highest BCUT2D eigenvalue weighted by Crippen LogP contribution is 2.45. The monoisotopic (exact) mass is 226 g/mol. The van der Waals surface area contributed by atoms with Crippen LogP contribution in [-0.2, 0) is 4.79 Å². The zero-order valence-corrected chi connectivity index (χ0v) is 10.0. The molecular weight excluding hydrogens is 207 g/mol. The van der Waals surface area contributed by atoms with Crippen molar-refractivity contribution in [3.63, 3.8) is 0 Å².